The number of hydrogen-bond donors (Lipinski definition) is 4. The summed E-state index contributed by atoms with van der Waals surface area (Å²) in [5.41, 5.74) is 4.67. The van der Waals surface area contributed by atoms with Crippen molar-refractivity contribution in [1.82, 2.24) is 40.4 Å². The van der Waals surface area contributed by atoms with E-state index >= 15 is 0 Å². The minimum atomic E-state index is -0.703. The summed E-state index contributed by atoms with van der Waals surface area (Å²) >= 11 is 0. The normalized spacial score (nSPS) is 17.9. The van der Waals surface area contributed by atoms with Crippen LogP contribution >= 0.6 is 0 Å². The molecule has 1 unspecified atom stereocenters. The first kappa shape index (κ1) is 37.7. The van der Waals surface area contributed by atoms with Crippen LogP contribution in [-0.4, -0.2) is 93.1 Å². The van der Waals surface area contributed by atoms with Gasteiger partial charge in [0.1, 0.15) is 23.7 Å². The Bertz CT molecular complexity index is 2030. The molecule has 4 N–H and O–H groups in total. The number of carbonyl (C=O) groups excluding carboxylic acids is 4. The lowest BCUT2D eigenvalue weighted by Gasteiger charge is -2.29. The molecule has 4 amide bonds. The maximum absolute atomic E-state index is 13.5. The van der Waals surface area contributed by atoms with E-state index in [1.807, 2.05) is 64.1 Å². The molecule has 0 spiro atoms. The lowest BCUT2D eigenvalue weighted by molar-refractivity contribution is -0.136. The van der Waals surface area contributed by atoms with Crippen LogP contribution in [-0.2, 0) is 19.1 Å². The average Bonchev–Trinajstić information content (AvgIpc) is 3.98. The molecule has 2 fully saturated rings. The number of aromatic amines is 2. The molecular weight excluding hydrogens is 688 g/mol. The van der Waals surface area contributed by atoms with Crippen LogP contribution in [0.5, 0.6) is 0 Å². The SMILES string of the molecule is COC(=O)N[C@H](C(=O)N1CCCC1c1nc2ccc(C#CC#Cc3ccc4nc([C@@H]5CCCN5C(=O)[C@@H](NC(=O)OC)C(C)C)[nH]c4c3)cc2[nH]1)C(C)C. The average molecular weight is 735 g/mol. The molecule has 0 radical (unpaired) electrons. The molecule has 14 heteroatoms. The van der Waals surface area contributed by atoms with Gasteiger partial charge in [-0.2, -0.15) is 0 Å². The number of imidazole rings is 2. The first-order valence-corrected chi connectivity index (χ1v) is 18.3. The van der Waals surface area contributed by atoms with E-state index in [0.717, 1.165) is 58.9 Å². The number of methoxy groups -OCH3 is 2. The summed E-state index contributed by atoms with van der Waals surface area (Å²) in [6, 6.07) is 9.52. The topological polar surface area (TPSA) is 175 Å². The molecule has 2 aliphatic heterocycles. The number of benzene rings is 2. The molecule has 2 aliphatic rings. The van der Waals surface area contributed by atoms with Crippen molar-refractivity contribution in [3.8, 4) is 23.7 Å². The number of aromatic nitrogens is 4. The first-order chi connectivity index (χ1) is 26.0. The highest BCUT2D eigenvalue weighted by atomic mass is 16.5. The van der Waals surface area contributed by atoms with Crippen molar-refractivity contribution in [1.29, 1.82) is 0 Å². The second kappa shape index (κ2) is 16.3. The predicted octanol–water partition coefficient (Wildman–Crippen LogP) is 4.93. The Labute approximate surface area is 314 Å². The fraction of sp³-hybridized carbons (Fsp3) is 0.450. The third-order valence-electron chi connectivity index (χ3n) is 9.96. The largest absolute Gasteiger partial charge is 0.453 e. The number of H-pyrrole nitrogens is 2. The second-order valence-corrected chi connectivity index (χ2v) is 14.3. The molecule has 6 rings (SSSR count). The molecule has 4 heterocycles. The molecular formula is C40H46N8O6. The second-order valence-electron chi connectivity index (χ2n) is 14.3. The Hall–Kier alpha value is -6.02. The number of hydrogen-bond acceptors (Lipinski definition) is 8. The molecule has 282 valence electrons. The molecule has 54 heavy (non-hydrogen) atoms. The number of carbonyl (C=O) groups is 4. The molecule has 0 saturated carbocycles. The third-order valence-corrected chi connectivity index (χ3v) is 9.96. The van der Waals surface area contributed by atoms with E-state index in [1.165, 1.54) is 14.2 Å². The monoisotopic (exact) mass is 734 g/mol. The van der Waals surface area contributed by atoms with Crippen LogP contribution in [0.4, 0.5) is 9.59 Å². The molecule has 4 aromatic rings. The highest BCUT2D eigenvalue weighted by molar-refractivity contribution is 5.87. The van der Waals surface area contributed by atoms with Crippen LogP contribution in [0.25, 0.3) is 22.1 Å². The number of rotatable bonds is 8. The van der Waals surface area contributed by atoms with E-state index < -0.39 is 24.3 Å². The van der Waals surface area contributed by atoms with Crippen molar-refractivity contribution >= 4 is 46.1 Å². The lowest BCUT2D eigenvalue weighted by atomic mass is 10.0. The third kappa shape index (κ3) is 8.13. The molecule has 2 aromatic carbocycles. The van der Waals surface area contributed by atoms with E-state index in [2.05, 4.69) is 44.3 Å². The van der Waals surface area contributed by atoms with Gasteiger partial charge in [0.05, 0.1) is 48.4 Å². The summed E-state index contributed by atoms with van der Waals surface area (Å²) < 4.78 is 9.48. The Balaban J connectivity index is 1.14. The highest BCUT2D eigenvalue weighted by Gasteiger charge is 2.39. The Morgan fingerprint density at radius 1 is 0.704 bits per heavy atom. The first-order valence-electron chi connectivity index (χ1n) is 18.3. The van der Waals surface area contributed by atoms with E-state index in [1.54, 1.807) is 9.80 Å². The summed E-state index contributed by atoms with van der Waals surface area (Å²) in [7, 11) is 2.56. The van der Waals surface area contributed by atoms with Gasteiger partial charge in [-0.25, -0.2) is 19.6 Å². The van der Waals surface area contributed by atoms with Crippen molar-refractivity contribution < 1.29 is 28.7 Å². The van der Waals surface area contributed by atoms with Gasteiger partial charge in [-0.1, -0.05) is 39.5 Å². The minimum absolute atomic E-state index is 0.117. The highest BCUT2D eigenvalue weighted by Crippen LogP contribution is 2.34. The Morgan fingerprint density at radius 2 is 1.11 bits per heavy atom. The number of likely N-dealkylation sites (tertiary alicyclic amines) is 2. The van der Waals surface area contributed by atoms with Gasteiger partial charge in [0, 0.05) is 24.2 Å². The zero-order chi connectivity index (χ0) is 38.5. The fourth-order valence-electron chi connectivity index (χ4n) is 7.12. The van der Waals surface area contributed by atoms with E-state index in [-0.39, 0.29) is 35.7 Å². The summed E-state index contributed by atoms with van der Waals surface area (Å²) in [6.45, 7) is 8.71. The quantitative estimate of drug-likeness (QED) is 0.184. The van der Waals surface area contributed by atoms with Crippen LogP contribution in [0.2, 0.25) is 0 Å². The van der Waals surface area contributed by atoms with Gasteiger partial charge in [-0.15, -0.1) is 0 Å². The van der Waals surface area contributed by atoms with Crippen LogP contribution in [0.1, 0.15) is 88.2 Å². The maximum Gasteiger partial charge on any atom is 0.407 e. The number of nitrogens with zero attached hydrogens (tertiary/aromatic N) is 4. The smallest absolute Gasteiger partial charge is 0.407 e. The maximum atomic E-state index is 13.5. The zero-order valence-corrected chi connectivity index (χ0v) is 31.4. The molecule has 4 atom stereocenters. The van der Waals surface area contributed by atoms with Crippen LogP contribution < -0.4 is 10.6 Å². The van der Waals surface area contributed by atoms with Crippen molar-refractivity contribution in [2.75, 3.05) is 27.3 Å². The van der Waals surface area contributed by atoms with E-state index in [0.29, 0.717) is 24.7 Å². The van der Waals surface area contributed by atoms with E-state index in [4.69, 9.17) is 19.4 Å². The zero-order valence-electron chi connectivity index (χ0n) is 31.4. The van der Waals surface area contributed by atoms with Crippen LogP contribution in [0.3, 0.4) is 0 Å². The lowest BCUT2D eigenvalue weighted by Crippen LogP contribution is -2.51. The standard InChI is InChI=1S/C40H46N8O6/c1-23(2)33(45-39(51)53-5)37(49)47-19-9-13-31(47)35-41-27-17-15-25(21-29(27)43-35)11-7-8-12-26-16-18-28-30(22-26)44-36(42-28)32-14-10-20-48(32)38(50)34(24(3)4)46-40(52)54-6/h15-18,21-24,31-34H,9-10,13-14,19-20H2,1-6H3,(H,41,43)(H,42,44)(H,45,51)(H,46,52)/t31-,32?,33-,34-/m0/s1. The van der Waals surface area contributed by atoms with Gasteiger partial charge in [0.15, 0.2) is 0 Å². The molecule has 2 saturated heterocycles. The number of ether oxygens (including phenoxy) is 2. The van der Waals surface area contributed by atoms with Gasteiger partial charge in [0.2, 0.25) is 11.8 Å². The Morgan fingerprint density at radius 3 is 1.48 bits per heavy atom. The molecule has 0 bridgehead atoms. The number of nitrogens with one attached hydrogen (secondary N) is 4. The van der Waals surface area contributed by atoms with Crippen molar-refractivity contribution in [3.05, 3.63) is 59.2 Å². The summed E-state index contributed by atoms with van der Waals surface area (Å²) in [5, 5.41) is 5.36. The molecule has 0 aliphatic carbocycles. The number of fused-ring (bicyclic) bond motifs is 2. The number of amides is 4. The van der Waals surface area contributed by atoms with Gasteiger partial charge in [-0.3, -0.25) is 9.59 Å². The van der Waals surface area contributed by atoms with Gasteiger partial charge in [0.25, 0.3) is 0 Å². The van der Waals surface area contributed by atoms with Gasteiger partial charge < -0.3 is 39.9 Å². The minimum Gasteiger partial charge on any atom is -0.453 e. The van der Waals surface area contributed by atoms with Gasteiger partial charge >= 0.3 is 12.2 Å². The predicted molar refractivity (Wildman–Crippen MR) is 202 cm³/mol. The van der Waals surface area contributed by atoms with Crippen molar-refractivity contribution in [2.24, 2.45) is 11.8 Å². The van der Waals surface area contributed by atoms with Crippen molar-refractivity contribution in [2.45, 2.75) is 77.5 Å². The molecule has 2 aromatic heterocycles. The van der Waals surface area contributed by atoms with Crippen LogP contribution in [0.15, 0.2) is 36.4 Å². The van der Waals surface area contributed by atoms with E-state index in [9.17, 15) is 19.2 Å². The summed E-state index contributed by atoms with van der Waals surface area (Å²) in [4.78, 5) is 70.8. The van der Waals surface area contributed by atoms with Gasteiger partial charge in [-0.05, 0) is 85.8 Å². The summed E-state index contributed by atoms with van der Waals surface area (Å²) in [6.07, 6.45) is 1.91. The van der Waals surface area contributed by atoms with Crippen LogP contribution in [0, 0.1) is 35.5 Å². The molecule has 14 nitrogen and oxygen atoms in total. The summed E-state index contributed by atoms with van der Waals surface area (Å²) in [5.74, 6) is 12.9. The number of alkyl carbamates (subject to hydrolysis) is 2. The fourth-order valence-corrected chi connectivity index (χ4v) is 7.12. The van der Waals surface area contributed by atoms with Crippen molar-refractivity contribution in [3.63, 3.8) is 0 Å². The Kier molecular flexibility index (Phi) is 11.4.